The first kappa shape index (κ1) is 13.6. The molecule has 108 valence electrons. The van der Waals surface area contributed by atoms with Crippen LogP contribution < -0.4 is 15.0 Å². The molecule has 0 aromatic heterocycles. The first-order valence-electron chi connectivity index (χ1n) is 7.03. The number of ether oxygens (including phenoxy) is 1. The van der Waals surface area contributed by atoms with Gasteiger partial charge in [0.1, 0.15) is 5.75 Å². The van der Waals surface area contributed by atoms with Crippen LogP contribution in [0.3, 0.4) is 0 Å². The fourth-order valence-electron chi connectivity index (χ4n) is 2.71. The summed E-state index contributed by atoms with van der Waals surface area (Å²) in [5, 5.41) is 3.02. The second-order valence-corrected chi connectivity index (χ2v) is 6.49. The van der Waals surface area contributed by atoms with E-state index in [1.54, 1.807) is 7.11 Å². The summed E-state index contributed by atoms with van der Waals surface area (Å²) >= 11 is 1.94. The number of methoxy groups -OCH3 is 1. The molecule has 2 heterocycles. The van der Waals surface area contributed by atoms with Crippen molar-refractivity contribution in [3.63, 3.8) is 0 Å². The summed E-state index contributed by atoms with van der Waals surface area (Å²) < 4.78 is 5.52. The van der Waals surface area contributed by atoms with Crippen LogP contribution in [0.1, 0.15) is 18.9 Å². The number of nitrogens with one attached hydrogen (secondary N) is 1. The van der Waals surface area contributed by atoms with E-state index in [4.69, 9.17) is 4.74 Å². The number of carbonyl (C=O) groups excluding carboxylic acids is 1. The maximum Gasteiger partial charge on any atom is 0.227 e. The number of carbonyl (C=O) groups is 1. The lowest BCUT2D eigenvalue weighted by atomic mass is 10.0. The maximum absolute atomic E-state index is 12.0. The van der Waals surface area contributed by atoms with Crippen molar-refractivity contribution in [2.24, 2.45) is 5.92 Å². The molecule has 1 amide bonds. The Labute approximate surface area is 123 Å². The molecule has 1 aromatic carbocycles. The minimum Gasteiger partial charge on any atom is -0.495 e. The zero-order valence-electron chi connectivity index (χ0n) is 11.9. The van der Waals surface area contributed by atoms with Gasteiger partial charge in [0.15, 0.2) is 0 Å². The molecule has 1 saturated heterocycles. The highest BCUT2D eigenvalue weighted by Crippen LogP contribution is 2.38. The predicted molar refractivity (Wildman–Crippen MR) is 83.8 cm³/mol. The SMILES string of the molecule is COc1cc2c(cc1N1CCSC1)CCC(C)C(=O)N2. The number of benzene rings is 1. The fraction of sp³-hybridized carbons (Fsp3) is 0.533. The molecule has 1 unspecified atom stereocenters. The molecular formula is C15H20N2O2S. The van der Waals surface area contributed by atoms with Gasteiger partial charge in [0.25, 0.3) is 0 Å². The summed E-state index contributed by atoms with van der Waals surface area (Å²) in [6.07, 6.45) is 1.84. The Hall–Kier alpha value is -1.36. The van der Waals surface area contributed by atoms with Crippen LogP contribution in [0.15, 0.2) is 12.1 Å². The number of rotatable bonds is 2. The molecule has 0 aliphatic carbocycles. The Morgan fingerprint density at radius 2 is 2.30 bits per heavy atom. The summed E-state index contributed by atoms with van der Waals surface area (Å²) in [4.78, 5) is 14.3. The molecule has 1 aromatic rings. The Morgan fingerprint density at radius 3 is 3.00 bits per heavy atom. The number of amides is 1. The zero-order chi connectivity index (χ0) is 14.1. The second kappa shape index (κ2) is 5.56. The van der Waals surface area contributed by atoms with E-state index >= 15 is 0 Å². The summed E-state index contributed by atoms with van der Waals surface area (Å²) in [6, 6.07) is 4.17. The molecule has 1 atom stereocenters. The summed E-state index contributed by atoms with van der Waals surface area (Å²) in [5.41, 5.74) is 3.28. The number of hydrogen-bond donors (Lipinski definition) is 1. The second-order valence-electron chi connectivity index (χ2n) is 5.41. The van der Waals surface area contributed by atoms with E-state index < -0.39 is 0 Å². The van der Waals surface area contributed by atoms with Crippen LogP contribution in [0.2, 0.25) is 0 Å². The summed E-state index contributed by atoms with van der Waals surface area (Å²) in [7, 11) is 1.69. The highest BCUT2D eigenvalue weighted by molar-refractivity contribution is 7.99. The Balaban J connectivity index is 1.99. The van der Waals surface area contributed by atoms with Gasteiger partial charge in [-0.05, 0) is 24.5 Å². The van der Waals surface area contributed by atoms with Gasteiger partial charge in [-0.2, -0.15) is 0 Å². The summed E-state index contributed by atoms with van der Waals surface area (Å²) in [5.74, 6) is 3.20. The summed E-state index contributed by atoms with van der Waals surface area (Å²) in [6.45, 7) is 3.04. The molecule has 0 bridgehead atoms. The lowest BCUT2D eigenvalue weighted by molar-refractivity contribution is -0.119. The van der Waals surface area contributed by atoms with Crippen molar-refractivity contribution in [3.8, 4) is 5.75 Å². The van der Waals surface area contributed by atoms with Crippen molar-refractivity contribution in [2.45, 2.75) is 19.8 Å². The quantitative estimate of drug-likeness (QED) is 0.910. The Morgan fingerprint density at radius 1 is 1.45 bits per heavy atom. The third kappa shape index (κ3) is 2.46. The molecule has 3 rings (SSSR count). The normalized spacial score (nSPS) is 22.2. The van der Waals surface area contributed by atoms with Gasteiger partial charge in [-0.25, -0.2) is 0 Å². The molecule has 5 heteroatoms. The fourth-order valence-corrected chi connectivity index (χ4v) is 3.68. The monoisotopic (exact) mass is 292 g/mol. The van der Waals surface area contributed by atoms with Crippen molar-refractivity contribution in [2.75, 3.05) is 35.5 Å². The number of nitrogens with zero attached hydrogens (tertiary/aromatic N) is 1. The van der Waals surface area contributed by atoms with E-state index in [0.717, 1.165) is 48.1 Å². The largest absolute Gasteiger partial charge is 0.495 e. The van der Waals surface area contributed by atoms with Gasteiger partial charge in [-0.1, -0.05) is 6.92 Å². The van der Waals surface area contributed by atoms with Crippen molar-refractivity contribution in [3.05, 3.63) is 17.7 Å². The number of thioether (sulfide) groups is 1. The molecule has 4 nitrogen and oxygen atoms in total. The lowest BCUT2D eigenvalue weighted by Gasteiger charge is -2.22. The Bertz CT molecular complexity index is 527. The van der Waals surface area contributed by atoms with Crippen LogP contribution >= 0.6 is 11.8 Å². The van der Waals surface area contributed by atoms with E-state index in [2.05, 4.69) is 16.3 Å². The van der Waals surface area contributed by atoms with Gasteiger partial charge in [-0.15, -0.1) is 11.8 Å². The molecule has 0 saturated carbocycles. The molecule has 2 aliphatic rings. The minimum absolute atomic E-state index is 0.0687. The van der Waals surface area contributed by atoms with E-state index in [9.17, 15) is 4.79 Å². The zero-order valence-corrected chi connectivity index (χ0v) is 12.8. The first-order chi connectivity index (χ1) is 9.69. The van der Waals surface area contributed by atoms with E-state index in [1.807, 2.05) is 24.8 Å². The van der Waals surface area contributed by atoms with Gasteiger partial charge >= 0.3 is 0 Å². The molecule has 20 heavy (non-hydrogen) atoms. The predicted octanol–water partition coefficient (Wildman–Crippen LogP) is 2.73. The molecule has 0 spiro atoms. The third-order valence-electron chi connectivity index (χ3n) is 4.05. The van der Waals surface area contributed by atoms with Crippen LogP contribution in [0.25, 0.3) is 0 Å². The average Bonchev–Trinajstić information content (AvgIpc) is 2.94. The maximum atomic E-state index is 12.0. The van der Waals surface area contributed by atoms with Crippen LogP contribution in [-0.2, 0) is 11.2 Å². The smallest absolute Gasteiger partial charge is 0.227 e. The molecule has 2 aliphatic heterocycles. The van der Waals surface area contributed by atoms with Crippen LogP contribution in [0, 0.1) is 5.92 Å². The third-order valence-corrected chi connectivity index (χ3v) is 5.02. The van der Waals surface area contributed by atoms with Gasteiger partial charge in [0.2, 0.25) is 5.91 Å². The highest BCUT2D eigenvalue weighted by atomic mass is 32.2. The van der Waals surface area contributed by atoms with Gasteiger partial charge < -0.3 is 15.0 Å². The van der Waals surface area contributed by atoms with E-state index in [0.29, 0.717) is 0 Å². The van der Waals surface area contributed by atoms with Gasteiger partial charge in [0.05, 0.1) is 18.7 Å². The first-order valence-corrected chi connectivity index (χ1v) is 8.19. The van der Waals surface area contributed by atoms with E-state index in [1.165, 1.54) is 5.56 Å². The topological polar surface area (TPSA) is 41.6 Å². The van der Waals surface area contributed by atoms with Crippen LogP contribution in [0.4, 0.5) is 11.4 Å². The molecular weight excluding hydrogens is 272 g/mol. The van der Waals surface area contributed by atoms with Crippen LogP contribution in [-0.4, -0.2) is 31.2 Å². The number of anilines is 2. The van der Waals surface area contributed by atoms with E-state index in [-0.39, 0.29) is 11.8 Å². The van der Waals surface area contributed by atoms with Crippen molar-refractivity contribution < 1.29 is 9.53 Å². The average molecular weight is 292 g/mol. The highest BCUT2D eigenvalue weighted by Gasteiger charge is 2.24. The molecule has 1 N–H and O–H groups in total. The minimum atomic E-state index is 0.0687. The van der Waals surface area contributed by atoms with Crippen molar-refractivity contribution >= 4 is 29.0 Å². The van der Waals surface area contributed by atoms with Crippen molar-refractivity contribution in [1.29, 1.82) is 0 Å². The Kier molecular flexibility index (Phi) is 3.78. The molecule has 1 fully saturated rings. The van der Waals surface area contributed by atoms with Gasteiger partial charge in [0, 0.05) is 30.0 Å². The standard InChI is InChI=1S/C15H20N2O2S/c1-10-3-4-11-7-13(17-5-6-20-9-17)14(19-2)8-12(11)16-15(10)18/h7-8,10H,3-6,9H2,1-2H3,(H,16,18). The number of hydrogen-bond acceptors (Lipinski definition) is 4. The number of fused-ring (bicyclic) bond motifs is 1. The van der Waals surface area contributed by atoms with Gasteiger partial charge in [-0.3, -0.25) is 4.79 Å². The van der Waals surface area contributed by atoms with Crippen LogP contribution in [0.5, 0.6) is 5.75 Å². The molecule has 0 radical (unpaired) electrons. The van der Waals surface area contributed by atoms with Crippen molar-refractivity contribution in [1.82, 2.24) is 0 Å². The number of aryl methyl sites for hydroxylation is 1. The lowest BCUT2D eigenvalue weighted by Crippen LogP contribution is -2.20.